The first kappa shape index (κ1) is 12.8. The summed E-state index contributed by atoms with van der Waals surface area (Å²) in [6.45, 7) is 1.61. The lowest BCUT2D eigenvalue weighted by Gasteiger charge is -2.23. The second-order valence-corrected chi connectivity index (χ2v) is 4.49. The molecule has 2 amide bonds. The van der Waals surface area contributed by atoms with Crippen molar-refractivity contribution in [2.45, 2.75) is 25.3 Å². The average Bonchev–Trinajstić information content (AvgIpc) is 2.38. The second kappa shape index (κ2) is 6.35. The predicted octanol–water partition coefficient (Wildman–Crippen LogP) is 2.09. The van der Waals surface area contributed by atoms with Crippen LogP contribution in [-0.2, 0) is 0 Å². The summed E-state index contributed by atoms with van der Waals surface area (Å²) in [6, 6.07) is 5.90. The Morgan fingerprint density at radius 3 is 3.06 bits per heavy atom. The van der Waals surface area contributed by atoms with E-state index < -0.39 is 0 Å². The molecule has 0 saturated carbocycles. The van der Waals surface area contributed by atoms with E-state index in [1.807, 2.05) is 0 Å². The van der Waals surface area contributed by atoms with Gasteiger partial charge in [-0.05, 0) is 37.6 Å². The van der Waals surface area contributed by atoms with Crippen molar-refractivity contribution in [2.75, 3.05) is 18.4 Å². The van der Waals surface area contributed by atoms with Crippen molar-refractivity contribution in [1.29, 1.82) is 0 Å². The highest BCUT2D eigenvalue weighted by molar-refractivity contribution is 5.89. The van der Waals surface area contributed by atoms with Gasteiger partial charge in [-0.25, -0.2) is 9.18 Å². The van der Waals surface area contributed by atoms with E-state index in [0.717, 1.165) is 13.0 Å². The van der Waals surface area contributed by atoms with Crippen molar-refractivity contribution >= 4 is 11.7 Å². The molecule has 18 heavy (non-hydrogen) atoms. The molecule has 1 atom stereocenters. The predicted molar refractivity (Wildman–Crippen MR) is 69.1 cm³/mol. The van der Waals surface area contributed by atoms with Gasteiger partial charge in [-0.3, -0.25) is 0 Å². The summed E-state index contributed by atoms with van der Waals surface area (Å²) < 4.78 is 12.9. The zero-order valence-electron chi connectivity index (χ0n) is 10.2. The molecule has 1 aliphatic heterocycles. The number of nitrogens with one attached hydrogen (secondary N) is 3. The lowest BCUT2D eigenvalue weighted by Crippen LogP contribution is -2.44. The first-order valence-corrected chi connectivity index (χ1v) is 6.28. The number of carbonyl (C=O) groups excluding carboxylic acids is 1. The molecule has 1 saturated heterocycles. The van der Waals surface area contributed by atoms with Crippen LogP contribution < -0.4 is 16.0 Å². The molecule has 0 aliphatic carbocycles. The normalized spacial score (nSPS) is 19.3. The largest absolute Gasteiger partial charge is 0.336 e. The van der Waals surface area contributed by atoms with Crippen molar-refractivity contribution in [3.05, 3.63) is 30.1 Å². The van der Waals surface area contributed by atoms with Gasteiger partial charge in [0.15, 0.2) is 0 Å². The van der Waals surface area contributed by atoms with Gasteiger partial charge in [0.1, 0.15) is 5.82 Å². The molecular formula is C13H18FN3O. The molecule has 98 valence electrons. The zero-order chi connectivity index (χ0) is 12.8. The van der Waals surface area contributed by atoms with Crippen molar-refractivity contribution in [1.82, 2.24) is 10.6 Å². The van der Waals surface area contributed by atoms with Gasteiger partial charge in [0, 0.05) is 18.3 Å². The van der Waals surface area contributed by atoms with Gasteiger partial charge in [-0.2, -0.15) is 0 Å². The lowest BCUT2D eigenvalue weighted by atomic mass is 10.1. The monoisotopic (exact) mass is 251 g/mol. The SMILES string of the molecule is O=C(NCC1CCCCN1)Nc1cccc(F)c1. The van der Waals surface area contributed by atoms with Crippen LogP contribution in [0.1, 0.15) is 19.3 Å². The van der Waals surface area contributed by atoms with Crippen LogP contribution in [0.15, 0.2) is 24.3 Å². The van der Waals surface area contributed by atoms with Crippen molar-refractivity contribution < 1.29 is 9.18 Å². The third-order valence-corrected chi connectivity index (χ3v) is 3.00. The summed E-state index contributed by atoms with van der Waals surface area (Å²) in [7, 11) is 0. The fourth-order valence-electron chi connectivity index (χ4n) is 2.06. The minimum atomic E-state index is -0.359. The number of carbonyl (C=O) groups is 1. The molecule has 0 spiro atoms. The number of benzene rings is 1. The summed E-state index contributed by atoms with van der Waals surface area (Å²) in [5, 5.41) is 8.73. The van der Waals surface area contributed by atoms with E-state index in [1.54, 1.807) is 12.1 Å². The Hall–Kier alpha value is -1.62. The molecule has 1 aromatic rings. The summed E-state index contributed by atoms with van der Waals surface area (Å²) in [6.07, 6.45) is 3.48. The number of urea groups is 1. The second-order valence-electron chi connectivity index (χ2n) is 4.49. The van der Waals surface area contributed by atoms with Crippen molar-refractivity contribution in [3.8, 4) is 0 Å². The van der Waals surface area contributed by atoms with Crippen LogP contribution in [0.5, 0.6) is 0 Å². The topological polar surface area (TPSA) is 53.2 Å². The standard InChI is InChI=1S/C13H18FN3O/c14-10-4-3-6-11(8-10)17-13(18)16-9-12-5-1-2-7-15-12/h3-4,6,8,12,15H,1-2,5,7,9H2,(H2,16,17,18). The minimum absolute atomic E-state index is 0.298. The maximum atomic E-state index is 12.9. The Balaban J connectivity index is 1.74. The van der Waals surface area contributed by atoms with Gasteiger partial charge in [0.25, 0.3) is 0 Å². The lowest BCUT2D eigenvalue weighted by molar-refractivity contribution is 0.249. The summed E-state index contributed by atoms with van der Waals surface area (Å²) in [5.74, 6) is -0.359. The van der Waals surface area contributed by atoms with E-state index in [9.17, 15) is 9.18 Å². The van der Waals surface area contributed by atoms with Crippen LogP contribution in [0.25, 0.3) is 0 Å². The Bertz CT molecular complexity index is 405. The van der Waals surface area contributed by atoms with Crippen LogP contribution >= 0.6 is 0 Å². The van der Waals surface area contributed by atoms with Crippen molar-refractivity contribution in [2.24, 2.45) is 0 Å². The first-order chi connectivity index (χ1) is 8.74. The van der Waals surface area contributed by atoms with E-state index in [2.05, 4.69) is 16.0 Å². The van der Waals surface area contributed by atoms with Crippen LogP contribution in [-0.4, -0.2) is 25.2 Å². The molecule has 5 heteroatoms. The number of anilines is 1. The van der Waals surface area contributed by atoms with Crippen LogP contribution in [0.2, 0.25) is 0 Å². The maximum absolute atomic E-state index is 12.9. The number of hydrogen-bond donors (Lipinski definition) is 3. The van der Waals surface area contributed by atoms with E-state index >= 15 is 0 Å². The Kier molecular flexibility index (Phi) is 4.52. The Morgan fingerprint density at radius 2 is 2.33 bits per heavy atom. The van der Waals surface area contributed by atoms with Crippen LogP contribution in [0, 0.1) is 5.82 Å². The molecule has 0 radical (unpaired) electrons. The third kappa shape index (κ3) is 4.00. The van der Waals surface area contributed by atoms with Gasteiger partial charge in [0.05, 0.1) is 0 Å². The number of piperidine rings is 1. The fraction of sp³-hybridized carbons (Fsp3) is 0.462. The fourth-order valence-corrected chi connectivity index (χ4v) is 2.06. The van der Waals surface area contributed by atoms with E-state index in [-0.39, 0.29) is 11.8 Å². The van der Waals surface area contributed by atoms with E-state index in [0.29, 0.717) is 18.3 Å². The zero-order valence-corrected chi connectivity index (χ0v) is 10.2. The molecule has 1 aliphatic rings. The van der Waals surface area contributed by atoms with Gasteiger partial charge < -0.3 is 16.0 Å². The third-order valence-electron chi connectivity index (χ3n) is 3.00. The average molecular weight is 251 g/mol. The van der Waals surface area contributed by atoms with Gasteiger partial charge in [0.2, 0.25) is 0 Å². The highest BCUT2D eigenvalue weighted by Gasteiger charge is 2.13. The molecule has 3 N–H and O–H groups in total. The molecule has 1 unspecified atom stereocenters. The Labute approximate surface area is 106 Å². The number of halogens is 1. The van der Waals surface area contributed by atoms with Crippen LogP contribution in [0.3, 0.4) is 0 Å². The summed E-state index contributed by atoms with van der Waals surface area (Å²) in [5.41, 5.74) is 0.462. The maximum Gasteiger partial charge on any atom is 0.319 e. The van der Waals surface area contributed by atoms with Gasteiger partial charge in [-0.1, -0.05) is 12.5 Å². The van der Waals surface area contributed by atoms with Gasteiger partial charge in [-0.15, -0.1) is 0 Å². The number of rotatable bonds is 3. The number of amides is 2. The highest BCUT2D eigenvalue weighted by Crippen LogP contribution is 2.09. The molecule has 4 nitrogen and oxygen atoms in total. The molecule has 2 rings (SSSR count). The smallest absolute Gasteiger partial charge is 0.319 e. The molecule has 0 bridgehead atoms. The molecule has 0 aromatic heterocycles. The molecule has 1 heterocycles. The quantitative estimate of drug-likeness (QED) is 0.770. The molecule has 1 fully saturated rings. The number of hydrogen-bond acceptors (Lipinski definition) is 2. The summed E-state index contributed by atoms with van der Waals surface area (Å²) >= 11 is 0. The summed E-state index contributed by atoms with van der Waals surface area (Å²) in [4.78, 5) is 11.6. The first-order valence-electron chi connectivity index (χ1n) is 6.28. The minimum Gasteiger partial charge on any atom is -0.336 e. The molecular weight excluding hydrogens is 233 g/mol. The van der Waals surface area contributed by atoms with Crippen molar-refractivity contribution in [3.63, 3.8) is 0 Å². The molecule has 1 aromatic carbocycles. The van der Waals surface area contributed by atoms with Gasteiger partial charge >= 0.3 is 6.03 Å². The van der Waals surface area contributed by atoms with E-state index in [4.69, 9.17) is 0 Å². The Morgan fingerprint density at radius 1 is 1.44 bits per heavy atom. The highest BCUT2D eigenvalue weighted by atomic mass is 19.1. The van der Waals surface area contributed by atoms with E-state index in [1.165, 1.54) is 25.0 Å². The van der Waals surface area contributed by atoms with Crippen LogP contribution in [0.4, 0.5) is 14.9 Å².